The highest BCUT2D eigenvalue weighted by atomic mass is 16.5. The van der Waals surface area contributed by atoms with Gasteiger partial charge in [-0.05, 0) is 76.4 Å². The van der Waals surface area contributed by atoms with E-state index in [-0.39, 0.29) is 28.8 Å². The summed E-state index contributed by atoms with van der Waals surface area (Å²) in [7, 11) is 1.61. The molecule has 2 rings (SSSR count). The fourth-order valence-electron chi connectivity index (χ4n) is 6.05. The third-order valence-corrected chi connectivity index (χ3v) is 8.63. The van der Waals surface area contributed by atoms with Crippen LogP contribution in [0.1, 0.15) is 82.1 Å². The molecule has 0 radical (unpaired) electrons. The molecule has 0 aliphatic heterocycles. The smallest absolute Gasteiger partial charge is 0.187 e. The number of allylic oxidation sites excluding steroid dienone is 20. The second-order valence-corrected chi connectivity index (χ2v) is 13.8. The number of aliphatic hydroxyl groups excluding tert-OH is 1. The number of ether oxygens (including phenoxy) is 1. The maximum atomic E-state index is 12.6. The number of rotatable bonds is 11. The molecule has 0 aromatic rings. The highest BCUT2D eigenvalue weighted by Gasteiger charge is 2.38. The Hall–Kier alpha value is -3.27. The second-order valence-electron chi connectivity index (χ2n) is 13.8. The van der Waals surface area contributed by atoms with Crippen molar-refractivity contribution in [2.75, 3.05) is 7.11 Å². The van der Waals surface area contributed by atoms with Crippen LogP contribution < -0.4 is 0 Å². The largest absolute Gasteiger partial charge is 0.389 e. The molecule has 3 unspecified atom stereocenters. The fraction of sp³-hybridized carbons (Fsp3) is 0.439. The Balaban J connectivity index is 1.93. The minimum atomic E-state index is -0.347. The number of carbonyl (C=O) groups excluding carboxylic acids is 1. The van der Waals surface area contributed by atoms with E-state index in [1.54, 1.807) is 7.11 Å². The summed E-state index contributed by atoms with van der Waals surface area (Å²) in [5, 5.41) is 10.1. The molecule has 0 heterocycles. The molecule has 0 saturated carbocycles. The molecule has 0 fully saturated rings. The number of carbonyl (C=O) groups is 1. The van der Waals surface area contributed by atoms with Crippen LogP contribution in [0.5, 0.6) is 0 Å². The summed E-state index contributed by atoms with van der Waals surface area (Å²) in [6, 6.07) is 0. The molecule has 0 bridgehead atoms. The van der Waals surface area contributed by atoms with Crippen LogP contribution in [0.15, 0.2) is 130 Å². The third-order valence-electron chi connectivity index (χ3n) is 8.63. The monoisotopic (exact) mass is 596 g/mol. The number of aliphatic hydroxyl groups is 1. The van der Waals surface area contributed by atoms with Crippen LogP contribution in [0.4, 0.5) is 0 Å². The van der Waals surface area contributed by atoms with Crippen LogP contribution in [0, 0.1) is 16.7 Å². The van der Waals surface area contributed by atoms with Gasteiger partial charge in [-0.25, -0.2) is 0 Å². The lowest BCUT2D eigenvalue weighted by atomic mass is 9.67. The lowest BCUT2D eigenvalue weighted by molar-refractivity contribution is -0.127. The summed E-state index contributed by atoms with van der Waals surface area (Å²) >= 11 is 0. The van der Waals surface area contributed by atoms with Crippen molar-refractivity contribution in [1.29, 1.82) is 0 Å². The van der Waals surface area contributed by atoms with Gasteiger partial charge in [0.2, 0.25) is 0 Å². The van der Waals surface area contributed by atoms with Gasteiger partial charge in [-0.3, -0.25) is 4.79 Å². The van der Waals surface area contributed by atoms with E-state index >= 15 is 0 Å². The maximum Gasteiger partial charge on any atom is 0.187 e. The molecule has 44 heavy (non-hydrogen) atoms. The normalized spacial score (nSPS) is 26.0. The van der Waals surface area contributed by atoms with Gasteiger partial charge in [0.05, 0.1) is 6.10 Å². The Bertz CT molecular complexity index is 1370. The summed E-state index contributed by atoms with van der Waals surface area (Å²) in [5.41, 5.74) is 7.72. The average Bonchev–Trinajstić information content (AvgIpc) is 2.91. The highest BCUT2D eigenvalue weighted by molar-refractivity contribution is 6.00. The Morgan fingerprint density at radius 1 is 0.795 bits per heavy atom. The van der Waals surface area contributed by atoms with Gasteiger partial charge in [-0.15, -0.1) is 0 Å². The molecule has 0 spiro atoms. The van der Waals surface area contributed by atoms with Crippen molar-refractivity contribution < 1.29 is 14.6 Å². The zero-order valence-corrected chi connectivity index (χ0v) is 29.1. The number of hydrogen-bond acceptors (Lipinski definition) is 3. The highest BCUT2D eigenvalue weighted by Crippen LogP contribution is 2.42. The number of Topliss-reactive ketones (excluding diaryl/α,β-unsaturated/α-hetero) is 1. The first kappa shape index (κ1) is 36.9. The lowest BCUT2D eigenvalue weighted by Crippen LogP contribution is -2.37. The molecule has 1 N–H and O–H groups in total. The van der Waals surface area contributed by atoms with Gasteiger partial charge in [0.25, 0.3) is 0 Å². The summed E-state index contributed by atoms with van der Waals surface area (Å²) in [4.78, 5) is 12.6. The molecule has 0 saturated heterocycles. The zero-order valence-electron chi connectivity index (χ0n) is 29.1. The van der Waals surface area contributed by atoms with Crippen molar-refractivity contribution in [2.24, 2.45) is 16.7 Å². The van der Waals surface area contributed by atoms with Gasteiger partial charge in [0.1, 0.15) is 6.10 Å². The molecule has 3 heteroatoms. The molecule has 2 aliphatic rings. The van der Waals surface area contributed by atoms with Crippen molar-refractivity contribution >= 4 is 5.78 Å². The number of ketones is 1. The van der Waals surface area contributed by atoms with E-state index in [4.69, 9.17) is 4.74 Å². The molecule has 3 nitrogen and oxygen atoms in total. The molecule has 0 amide bonds. The molecular weight excluding hydrogens is 540 g/mol. The summed E-state index contributed by atoms with van der Waals surface area (Å²) in [5.74, 6) is 0.431. The fourth-order valence-corrected chi connectivity index (χ4v) is 6.05. The SMILES string of the molecule is COC1CC(C)(C)C(/C=C/C(C)=C/C=C/C(C)=C/C=C/C=C(C)/C=C/C=C(C)/C=C/C2C(C)=CC(O)CC2(C)C)=C(C)C1=O. The van der Waals surface area contributed by atoms with Crippen LogP contribution in [0.2, 0.25) is 0 Å². The van der Waals surface area contributed by atoms with E-state index in [0.29, 0.717) is 12.3 Å². The van der Waals surface area contributed by atoms with E-state index < -0.39 is 0 Å². The van der Waals surface area contributed by atoms with Crippen LogP contribution in [-0.4, -0.2) is 30.2 Å². The number of hydrogen-bond donors (Lipinski definition) is 1. The van der Waals surface area contributed by atoms with E-state index in [9.17, 15) is 9.90 Å². The first-order valence-corrected chi connectivity index (χ1v) is 15.8. The molecule has 0 aromatic heterocycles. The van der Waals surface area contributed by atoms with E-state index in [2.05, 4.69) is 147 Å². The van der Waals surface area contributed by atoms with E-state index in [1.807, 2.05) is 13.0 Å². The molecule has 238 valence electrons. The average molecular weight is 597 g/mol. The van der Waals surface area contributed by atoms with Crippen LogP contribution in [0.25, 0.3) is 0 Å². The minimum absolute atomic E-state index is 0.0501. The Morgan fingerprint density at radius 3 is 1.82 bits per heavy atom. The number of methoxy groups -OCH3 is 1. The molecule has 2 aliphatic carbocycles. The first-order chi connectivity index (χ1) is 20.6. The molecule has 0 aromatic carbocycles. The quantitative estimate of drug-likeness (QED) is 0.191. The van der Waals surface area contributed by atoms with E-state index in [0.717, 1.165) is 28.7 Å². The van der Waals surface area contributed by atoms with Crippen molar-refractivity contribution in [3.63, 3.8) is 0 Å². The third kappa shape index (κ3) is 11.3. The van der Waals surface area contributed by atoms with Gasteiger partial charge in [0.15, 0.2) is 5.78 Å². The summed E-state index contributed by atoms with van der Waals surface area (Å²) < 4.78 is 5.41. The predicted molar refractivity (Wildman–Crippen MR) is 189 cm³/mol. The lowest BCUT2D eigenvalue weighted by Gasteiger charge is -2.38. The topological polar surface area (TPSA) is 46.5 Å². The van der Waals surface area contributed by atoms with Gasteiger partial charge in [-0.2, -0.15) is 0 Å². The van der Waals surface area contributed by atoms with Gasteiger partial charge in [0, 0.05) is 13.0 Å². The Kier molecular flexibility index (Phi) is 14.0. The zero-order chi connectivity index (χ0) is 33.1. The van der Waals surface area contributed by atoms with Crippen LogP contribution in [-0.2, 0) is 9.53 Å². The van der Waals surface area contributed by atoms with Crippen molar-refractivity contribution in [3.05, 3.63) is 130 Å². The van der Waals surface area contributed by atoms with Crippen molar-refractivity contribution in [2.45, 2.75) is 94.3 Å². The van der Waals surface area contributed by atoms with Gasteiger partial charge < -0.3 is 9.84 Å². The van der Waals surface area contributed by atoms with Crippen molar-refractivity contribution in [1.82, 2.24) is 0 Å². The van der Waals surface area contributed by atoms with Crippen LogP contribution in [0.3, 0.4) is 0 Å². The molecule has 3 atom stereocenters. The molecular formula is C41H56O3. The summed E-state index contributed by atoms with van der Waals surface area (Å²) in [6.45, 7) is 21.2. The standard InChI is InChI=1S/C41H56O3/c1-29(18-14-20-31(3)22-24-36-33(5)26-35(42)27-40(36,7)8)16-12-13-17-30(2)19-15-21-32(4)23-25-37-34(6)39(43)38(44-11)28-41(37,9)10/h12-26,35-36,38,42H,27-28H2,1-11H3/b13-12+,18-14+,19-15+,24-22+,25-23+,29-16+,30-17+,31-20+,32-21+. The van der Waals surface area contributed by atoms with E-state index in [1.165, 1.54) is 16.7 Å². The Labute approximate surface area is 268 Å². The minimum Gasteiger partial charge on any atom is -0.389 e. The van der Waals surface area contributed by atoms with Crippen LogP contribution >= 0.6 is 0 Å². The predicted octanol–water partition coefficient (Wildman–Crippen LogP) is 10.2. The van der Waals surface area contributed by atoms with Gasteiger partial charge in [-0.1, -0.05) is 147 Å². The maximum absolute atomic E-state index is 12.6. The first-order valence-electron chi connectivity index (χ1n) is 15.8. The van der Waals surface area contributed by atoms with Crippen molar-refractivity contribution in [3.8, 4) is 0 Å². The second kappa shape index (κ2) is 16.7. The summed E-state index contributed by atoms with van der Waals surface area (Å²) in [6.07, 6.45) is 32.3. The van der Waals surface area contributed by atoms with Gasteiger partial charge >= 0.3 is 0 Å². The Morgan fingerprint density at radius 2 is 1.30 bits per heavy atom.